The molecule has 0 atom stereocenters. The number of hydrogen-bond acceptors (Lipinski definition) is 2. The molecule has 0 radical (unpaired) electrons. The first-order valence-electron chi connectivity index (χ1n) is 0.901. The predicted octanol–water partition coefficient (Wildman–Crippen LogP) is -0.178. The van der Waals surface area contributed by atoms with Crippen molar-refractivity contribution in [3.63, 3.8) is 0 Å². The van der Waals surface area contributed by atoms with Gasteiger partial charge in [0.05, 0.1) is 0 Å². The minimum atomic E-state index is -0.437. The first-order chi connectivity index (χ1) is 2.27. The number of amides is 1. The molecule has 1 N–H and O–H groups in total. The zero-order chi connectivity index (χ0) is 4.28. The van der Waals surface area contributed by atoms with Gasteiger partial charge in [0.2, 0.25) is 0 Å². The van der Waals surface area contributed by atoms with E-state index in [1.807, 2.05) is 4.72 Å². The number of carbonyl (C=O) groups excluding carboxylic acids is 1. The van der Waals surface area contributed by atoms with Gasteiger partial charge in [0, 0.05) is 0 Å². The fraction of sp³-hybridized carbons (Fsp3) is 0. The number of carbonyl (C=O) groups is 1. The van der Waals surface area contributed by atoms with E-state index in [2.05, 4.69) is 25.4 Å². The van der Waals surface area contributed by atoms with Crippen molar-refractivity contribution in [2.45, 2.75) is 0 Å². The molecule has 0 fully saturated rings. The molecule has 0 saturated carbocycles. The van der Waals surface area contributed by atoms with Crippen LogP contribution in [0.2, 0.25) is 0 Å². The Morgan fingerprint density at radius 2 is 1.83 bits per heavy atom. The van der Waals surface area contributed by atoms with E-state index in [1.165, 1.54) is 0 Å². The Balaban J connectivity index is 0. The molecule has 32 valence electrons. The van der Waals surface area contributed by atoms with E-state index in [0.29, 0.717) is 0 Å². The molecule has 0 aliphatic rings. The molecule has 1 amide bonds. The molecule has 0 aliphatic carbocycles. The monoisotopic (exact) mass is 133 g/mol. The third kappa shape index (κ3) is 8.95. The summed E-state index contributed by atoms with van der Waals surface area (Å²) in [5.41, 5.74) is 0. The SMILES string of the molecule is O=C(S)NS.[NaH]. The average Bonchev–Trinajstić information content (AvgIpc) is 1.38. The van der Waals surface area contributed by atoms with Gasteiger partial charge in [0.1, 0.15) is 0 Å². The third-order valence-corrected chi connectivity index (χ3v) is 0.587. The van der Waals surface area contributed by atoms with Crippen molar-refractivity contribution in [1.82, 2.24) is 4.72 Å². The van der Waals surface area contributed by atoms with Crippen molar-refractivity contribution in [3.8, 4) is 0 Å². The van der Waals surface area contributed by atoms with Crippen LogP contribution in [0.5, 0.6) is 0 Å². The van der Waals surface area contributed by atoms with Gasteiger partial charge in [-0.25, -0.2) is 0 Å². The zero-order valence-electron chi connectivity index (χ0n) is 2.30. The van der Waals surface area contributed by atoms with Crippen molar-refractivity contribution >= 4 is 60.2 Å². The molecule has 0 heterocycles. The van der Waals surface area contributed by atoms with Gasteiger partial charge in [0.15, 0.2) is 0 Å². The zero-order valence-corrected chi connectivity index (χ0v) is 4.09. The van der Waals surface area contributed by atoms with Crippen molar-refractivity contribution in [1.29, 1.82) is 0 Å². The summed E-state index contributed by atoms with van der Waals surface area (Å²) in [4.78, 5) is 9.49. The third-order valence-electron chi connectivity index (χ3n) is 0.0956. The maximum absolute atomic E-state index is 9.49. The summed E-state index contributed by atoms with van der Waals surface area (Å²) in [6.07, 6.45) is 0. The van der Waals surface area contributed by atoms with Crippen LogP contribution in [0.3, 0.4) is 0 Å². The van der Waals surface area contributed by atoms with Crippen LogP contribution in [-0.4, -0.2) is 34.8 Å². The average molecular weight is 133 g/mol. The molecule has 0 bridgehead atoms. The molecule has 6 heavy (non-hydrogen) atoms. The van der Waals surface area contributed by atoms with Gasteiger partial charge in [-0.1, -0.05) is 25.4 Å². The van der Waals surface area contributed by atoms with Crippen LogP contribution in [0.25, 0.3) is 0 Å². The predicted molar refractivity (Wildman–Crippen MR) is 33.7 cm³/mol. The van der Waals surface area contributed by atoms with Crippen molar-refractivity contribution in [2.75, 3.05) is 0 Å². The Morgan fingerprint density at radius 1 is 1.67 bits per heavy atom. The van der Waals surface area contributed by atoms with Crippen LogP contribution < -0.4 is 4.72 Å². The Bertz CT molecular complexity index is 48.8. The molecule has 0 aromatic heterocycles. The van der Waals surface area contributed by atoms with Gasteiger partial charge >= 0.3 is 29.6 Å². The Labute approximate surface area is 69.3 Å². The van der Waals surface area contributed by atoms with E-state index in [0.717, 1.165) is 0 Å². The first kappa shape index (κ1) is 10.2. The number of nitrogens with one attached hydrogen (secondary N) is 1. The quantitative estimate of drug-likeness (QED) is 0.310. The number of thiol groups is 2. The van der Waals surface area contributed by atoms with Crippen molar-refractivity contribution in [3.05, 3.63) is 0 Å². The summed E-state index contributed by atoms with van der Waals surface area (Å²) in [6, 6.07) is 0. The molecule has 0 aliphatic heterocycles. The van der Waals surface area contributed by atoms with E-state index >= 15 is 0 Å². The molecular weight excluding hydrogens is 129 g/mol. The molecule has 0 saturated heterocycles. The van der Waals surface area contributed by atoms with Crippen LogP contribution in [-0.2, 0) is 0 Å². The minimum absolute atomic E-state index is 0. The van der Waals surface area contributed by atoms with Crippen molar-refractivity contribution in [2.24, 2.45) is 0 Å². The van der Waals surface area contributed by atoms with Crippen LogP contribution in [0.4, 0.5) is 4.79 Å². The number of hydrogen-bond donors (Lipinski definition) is 3. The van der Waals surface area contributed by atoms with Gasteiger partial charge in [-0.3, -0.25) is 9.52 Å². The Morgan fingerprint density at radius 3 is 1.83 bits per heavy atom. The maximum atomic E-state index is 9.49. The second kappa shape index (κ2) is 6.17. The molecule has 0 aromatic carbocycles. The van der Waals surface area contributed by atoms with Crippen LogP contribution in [0, 0.1) is 0 Å². The van der Waals surface area contributed by atoms with Gasteiger partial charge < -0.3 is 0 Å². The van der Waals surface area contributed by atoms with E-state index in [4.69, 9.17) is 0 Å². The van der Waals surface area contributed by atoms with Gasteiger partial charge in [-0.2, -0.15) is 0 Å². The summed E-state index contributed by atoms with van der Waals surface area (Å²) in [7, 11) is 0. The van der Waals surface area contributed by atoms with Gasteiger partial charge in [0.25, 0.3) is 5.24 Å². The molecule has 5 heteroatoms. The fourth-order valence-corrected chi connectivity index (χ4v) is 0. The van der Waals surface area contributed by atoms with Gasteiger partial charge in [-0.15, -0.1) is 0 Å². The summed E-state index contributed by atoms with van der Waals surface area (Å²) < 4.78 is 1.95. The molecular formula is CH4NNaOS2. The summed E-state index contributed by atoms with van der Waals surface area (Å²) >= 11 is 6.61. The molecule has 0 spiro atoms. The number of rotatable bonds is 0. The van der Waals surface area contributed by atoms with Crippen molar-refractivity contribution < 1.29 is 4.79 Å². The van der Waals surface area contributed by atoms with Crippen LogP contribution in [0.1, 0.15) is 0 Å². The summed E-state index contributed by atoms with van der Waals surface area (Å²) in [6.45, 7) is 0. The second-order valence-corrected chi connectivity index (χ2v) is 1.05. The van der Waals surface area contributed by atoms with E-state index in [9.17, 15) is 4.79 Å². The fourth-order valence-electron chi connectivity index (χ4n) is 0. The van der Waals surface area contributed by atoms with Crippen LogP contribution >= 0.6 is 25.4 Å². The molecule has 0 rings (SSSR count). The van der Waals surface area contributed by atoms with E-state index in [1.54, 1.807) is 0 Å². The first-order valence-corrected chi connectivity index (χ1v) is 1.80. The second-order valence-electron chi connectivity index (χ2n) is 0.417. The molecule has 2 nitrogen and oxygen atoms in total. The van der Waals surface area contributed by atoms with E-state index < -0.39 is 5.24 Å². The normalized spacial score (nSPS) is 5.67. The standard InChI is InChI=1S/CH3NOS2.Na.H/c3-1(4)2-5;;/h5H,(H2,2,3,4);;. The Hall–Kier alpha value is 1.17. The van der Waals surface area contributed by atoms with E-state index in [-0.39, 0.29) is 29.6 Å². The van der Waals surface area contributed by atoms with Crippen LogP contribution in [0.15, 0.2) is 0 Å². The molecule has 0 unspecified atom stereocenters. The molecule has 0 aromatic rings. The Kier molecular flexibility index (Phi) is 10.5. The topological polar surface area (TPSA) is 29.1 Å². The van der Waals surface area contributed by atoms with Gasteiger partial charge in [-0.05, 0) is 0 Å². The summed E-state index contributed by atoms with van der Waals surface area (Å²) in [5, 5.41) is -0.437. The summed E-state index contributed by atoms with van der Waals surface area (Å²) in [5.74, 6) is 0.